The highest BCUT2D eigenvalue weighted by Crippen LogP contribution is 2.14. The lowest BCUT2D eigenvalue weighted by atomic mass is 10.00. The smallest absolute Gasteiger partial charge is 0.303 e. The van der Waals surface area contributed by atoms with Gasteiger partial charge in [0, 0.05) is 12.8 Å². The zero-order valence-corrected chi connectivity index (χ0v) is 13.2. The molecule has 0 heterocycles. The number of hydrogen-bond acceptors (Lipinski definition) is 4. The number of unbranched alkanes of at least 4 members (excludes halogenated alkanes) is 6. The molecule has 6 nitrogen and oxygen atoms in total. The van der Waals surface area contributed by atoms with Crippen LogP contribution < -0.4 is 0 Å². The van der Waals surface area contributed by atoms with Crippen molar-refractivity contribution in [2.75, 3.05) is 0 Å². The SMILES string of the molecule is O=C(O)CCCCCCC[C@@H](O)[C@H](O)CCCCCC(=O)O. The fraction of sp³-hybridized carbons (Fsp3) is 0.875. The van der Waals surface area contributed by atoms with Crippen molar-refractivity contribution in [1.29, 1.82) is 0 Å². The maximum atomic E-state index is 10.3. The van der Waals surface area contributed by atoms with E-state index in [0.29, 0.717) is 25.7 Å². The fourth-order valence-electron chi connectivity index (χ4n) is 2.35. The van der Waals surface area contributed by atoms with E-state index in [1.807, 2.05) is 0 Å². The molecule has 0 fully saturated rings. The summed E-state index contributed by atoms with van der Waals surface area (Å²) in [6.45, 7) is 0. The molecule has 0 aromatic heterocycles. The van der Waals surface area contributed by atoms with Gasteiger partial charge in [-0.25, -0.2) is 0 Å². The maximum absolute atomic E-state index is 10.3. The van der Waals surface area contributed by atoms with E-state index in [9.17, 15) is 19.8 Å². The summed E-state index contributed by atoms with van der Waals surface area (Å²) in [5, 5.41) is 36.6. The predicted molar refractivity (Wildman–Crippen MR) is 82.7 cm³/mol. The number of rotatable bonds is 15. The average molecular weight is 318 g/mol. The van der Waals surface area contributed by atoms with E-state index in [4.69, 9.17) is 10.2 Å². The van der Waals surface area contributed by atoms with Crippen molar-refractivity contribution in [2.45, 2.75) is 89.3 Å². The van der Waals surface area contributed by atoms with Gasteiger partial charge >= 0.3 is 11.9 Å². The molecule has 0 aliphatic heterocycles. The monoisotopic (exact) mass is 318 g/mol. The molecule has 0 aliphatic rings. The van der Waals surface area contributed by atoms with E-state index in [1.54, 1.807) is 0 Å². The second kappa shape index (κ2) is 13.5. The van der Waals surface area contributed by atoms with Crippen molar-refractivity contribution in [3.8, 4) is 0 Å². The summed E-state index contributed by atoms with van der Waals surface area (Å²) in [7, 11) is 0. The van der Waals surface area contributed by atoms with Crippen LogP contribution in [0.1, 0.15) is 77.0 Å². The minimum absolute atomic E-state index is 0.153. The topological polar surface area (TPSA) is 115 Å². The van der Waals surface area contributed by atoms with Gasteiger partial charge in [-0.05, 0) is 25.7 Å². The highest BCUT2D eigenvalue weighted by molar-refractivity contribution is 5.66. The molecular formula is C16H30O6. The van der Waals surface area contributed by atoms with Gasteiger partial charge in [-0.2, -0.15) is 0 Å². The Kier molecular flexibility index (Phi) is 12.8. The molecule has 0 radical (unpaired) electrons. The molecule has 0 aliphatic carbocycles. The van der Waals surface area contributed by atoms with Crippen molar-refractivity contribution >= 4 is 11.9 Å². The fourth-order valence-corrected chi connectivity index (χ4v) is 2.35. The summed E-state index contributed by atoms with van der Waals surface area (Å²) in [6.07, 6.45) is 6.31. The molecule has 130 valence electrons. The first-order valence-corrected chi connectivity index (χ1v) is 8.23. The van der Waals surface area contributed by atoms with Crippen LogP contribution in [0.2, 0.25) is 0 Å². The Morgan fingerprint density at radius 2 is 0.909 bits per heavy atom. The van der Waals surface area contributed by atoms with Crippen LogP contribution in [0, 0.1) is 0 Å². The normalized spacial score (nSPS) is 13.7. The second-order valence-corrected chi connectivity index (χ2v) is 5.83. The van der Waals surface area contributed by atoms with Gasteiger partial charge in [-0.15, -0.1) is 0 Å². The van der Waals surface area contributed by atoms with E-state index >= 15 is 0 Å². The van der Waals surface area contributed by atoms with E-state index in [0.717, 1.165) is 38.5 Å². The molecule has 0 spiro atoms. The van der Waals surface area contributed by atoms with Crippen molar-refractivity contribution in [1.82, 2.24) is 0 Å². The third kappa shape index (κ3) is 13.8. The van der Waals surface area contributed by atoms with E-state index in [1.165, 1.54) is 0 Å². The number of carboxylic acids is 2. The third-order valence-electron chi connectivity index (χ3n) is 3.73. The van der Waals surface area contributed by atoms with Crippen LogP contribution in [0.15, 0.2) is 0 Å². The molecule has 22 heavy (non-hydrogen) atoms. The molecule has 4 N–H and O–H groups in total. The number of aliphatic hydroxyl groups excluding tert-OH is 2. The largest absolute Gasteiger partial charge is 0.481 e. The van der Waals surface area contributed by atoms with Gasteiger partial charge in [0.05, 0.1) is 12.2 Å². The first-order valence-electron chi connectivity index (χ1n) is 8.23. The highest BCUT2D eigenvalue weighted by Gasteiger charge is 2.15. The Bertz CT molecular complexity index is 305. The maximum Gasteiger partial charge on any atom is 0.303 e. The van der Waals surface area contributed by atoms with Crippen molar-refractivity contribution < 1.29 is 30.0 Å². The number of carboxylic acid groups (broad SMARTS) is 2. The Hall–Kier alpha value is -1.14. The van der Waals surface area contributed by atoms with Crippen LogP contribution in [0.4, 0.5) is 0 Å². The van der Waals surface area contributed by atoms with Gasteiger partial charge < -0.3 is 20.4 Å². The number of hydrogen-bond donors (Lipinski definition) is 4. The number of aliphatic hydroxyl groups is 2. The molecule has 0 saturated heterocycles. The number of aliphatic carboxylic acids is 2. The van der Waals surface area contributed by atoms with Crippen LogP contribution in [-0.4, -0.2) is 44.6 Å². The molecule has 0 amide bonds. The second-order valence-electron chi connectivity index (χ2n) is 5.83. The van der Waals surface area contributed by atoms with E-state index in [-0.39, 0.29) is 12.8 Å². The zero-order chi connectivity index (χ0) is 16.8. The van der Waals surface area contributed by atoms with Crippen molar-refractivity contribution in [2.24, 2.45) is 0 Å². The van der Waals surface area contributed by atoms with Crippen molar-refractivity contribution in [3.63, 3.8) is 0 Å². The summed E-state index contributed by atoms with van der Waals surface area (Å²) < 4.78 is 0. The summed E-state index contributed by atoms with van der Waals surface area (Å²) >= 11 is 0. The van der Waals surface area contributed by atoms with Crippen LogP contribution >= 0.6 is 0 Å². The molecule has 0 unspecified atom stereocenters. The first-order chi connectivity index (χ1) is 10.4. The van der Waals surface area contributed by atoms with Gasteiger partial charge in [0.25, 0.3) is 0 Å². The lowest BCUT2D eigenvalue weighted by Gasteiger charge is -2.17. The molecule has 0 saturated carbocycles. The Morgan fingerprint density at radius 1 is 0.591 bits per heavy atom. The van der Waals surface area contributed by atoms with Crippen LogP contribution in [0.25, 0.3) is 0 Å². The van der Waals surface area contributed by atoms with Crippen LogP contribution in [0.5, 0.6) is 0 Å². The quantitative estimate of drug-likeness (QED) is 0.345. The minimum Gasteiger partial charge on any atom is -0.481 e. The van der Waals surface area contributed by atoms with Crippen LogP contribution in [0.3, 0.4) is 0 Å². The Labute approximate surface area is 132 Å². The summed E-state index contributed by atoms with van der Waals surface area (Å²) in [5.41, 5.74) is 0. The summed E-state index contributed by atoms with van der Waals surface area (Å²) in [6, 6.07) is 0. The summed E-state index contributed by atoms with van der Waals surface area (Å²) in [5.74, 6) is -1.56. The Balaban J connectivity index is 3.43. The van der Waals surface area contributed by atoms with Gasteiger partial charge in [0.2, 0.25) is 0 Å². The molecule has 6 heteroatoms. The molecule has 0 rings (SSSR count). The van der Waals surface area contributed by atoms with Crippen molar-refractivity contribution in [3.05, 3.63) is 0 Å². The lowest BCUT2D eigenvalue weighted by molar-refractivity contribution is -0.138. The number of carbonyl (C=O) groups is 2. The lowest BCUT2D eigenvalue weighted by Crippen LogP contribution is -2.25. The zero-order valence-electron chi connectivity index (χ0n) is 13.2. The summed E-state index contributed by atoms with van der Waals surface area (Å²) in [4.78, 5) is 20.7. The molecule has 0 aromatic rings. The predicted octanol–water partition coefficient (Wildman–Crippen LogP) is 2.56. The van der Waals surface area contributed by atoms with Gasteiger partial charge in [-0.1, -0.05) is 38.5 Å². The van der Waals surface area contributed by atoms with E-state index < -0.39 is 24.1 Å². The van der Waals surface area contributed by atoms with Gasteiger partial charge in [-0.3, -0.25) is 9.59 Å². The Morgan fingerprint density at radius 3 is 1.32 bits per heavy atom. The van der Waals surface area contributed by atoms with Gasteiger partial charge in [0.1, 0.15) is 0 Å². The average Bonchev–Trinajstić information content (AvgIpc) is 2.44. The molecular weight excluding hydrogens is 288 g/mol. The molecule has 2 atom stereocenters. The third-order valence-corrected chi connectivity index (χ3v) is 3.73. The highest BCUT2D eigenvalue weighted by atomic mass is 16.4. The first kappa shape index (κ1) is 20.9. The molecule has 0 bridgehead atoms. The van der Waals surface area contributed by atoms with Crippen LogP contribution in [-0.2, 0) is 9.59 Å². The minimum atomic E-state index is -0.802. The van der Waals surface area contributed by atoms with E-state index in [2.05, 4.69) is 0 Å². The molecule has 0 aromatic carbocycles. The van der Waals surface area contributed by atoms with Gasteiger partial charge in [0.15, 0.2) is 0 Å². The standard InChI is InChI=1S/C16H30O6/c17-13(9-5-2-1-3-7-11-15(19)20)14(18)10-6-4-8-12-16(21)22/h13-14,17-18H,1-12H2,(H,19,20)(H,21,22)/t13-,14-/m1/s1.